The monoisotopic (exact) mass is 277 g/mol. The van der Waals surface area contributed by atoms with Crippen molar-refractivity contribution in [1.29, 1.82) is 0 Å². The molecule has 108 valence electrons. The minimum absolute atomic E-state index is 0.119. The third-order valence-corrected chi connectivity index (χ3v) is 3.90. The minimum atomic E-state index is -0.829. The van der Waals surface area contributed by atoms with Crippen LogP contribution in [0.4, 0.5) is 0 Å². The predicted octanol–water partition coefficient (Wildman–Crippen LogP) is 2.02. The van der Waals surface area contributed by atoms with Crippen molar-refractivity contribution in [3.05, 3.63) is 29.8 Å². The summed E-state index contributed by atoms with van der Waals surface area (Å²) in [7, 11) is 1.57. The lowest BCUT2D eigenvalue weighted by Crippen LogP contribution is -2.49. The summed E-state index contributed by atoms with van der Waals surface area (Å²) >= 11 is 0. The second-order valence-corrected chi connectivity index (χ2v) is 5.05. The Hall–Kier alpha value is -2.04. The Bertz CT molecular complexity index is 497. The SMILES string of the molecule is COc1ccc(C(=O)N2CCC[C@H](C(=O)O)[C@@H]2C)cc1. The van der Waals surface area contributed by atoms with E-state index < -0.39 is 11.9 Å². The zero-order chi connectivity index (χ0) is 14.7. The fraction of sp³-hybridized carbons (Fsp3) is 0.467. The van der Waals surface area contributed by atoms with Crippen molar-refractivity contribution < 1.29 is 19.4 Å². The maximum Gasteiger partial charge on any atom is 0.308 e. The lowest BCUT2D eigenvalue weighted by Gasteiger charge is -2.37. The van der Waals surface area contributed by atoms with Crippen LogP contribution in [0.5, 0.6) is 5.75 Å². The van der Waals surface area contributed by atoms with E-state index in [0.29, 0.717) is 24.3 Å². The van der Waals surface area contributed by atoms with Crippen molar-refractivity contribution in [2.75, 3.05) is 13.7 Å². The van der Waals surface area contributed by atoms with E-state index in [2.05, 4.69) is 0 Å². The third kappa shape index (κ3) is 2.76. The van der Waals surface area contributed by atoms with Crippen molar-refractivity contribution in [2.24, 2.45) is 5.92 Å². The van der Waals surface area contributed by atoms with Gasteiger partial charge in [0, 0.05) is 18.2 Å². The lowest BCUT2D eigenvalue weighted by molar-refractivity contribution is -0.144. The predicted molar refractivity (Wildman–Crippen MR) is 73.9 cm³/mol. The van der Waals surface area contributed by atoms with Crippen LogP contribution in [0.25, 0.3) is 0 Å². The number of likely N-dealkylation sites (tertiary alicyclic amines) is 1. The second kappa shape index (κ2) is 5.94. The molecule has 0 saturated carbocycles. The molecule has 1 saturated heterocycles. The van der Waals surface area contributed by atoms with Gasteiger partial charge in [0.25, 0.3) is 5.91 Å². The Labute approximate surface area is 118 Å². The van der Waals surface area contributed by atoms with Gasteiger partial charge in [0.15, 0.2) is 0 Å². The first-order valence-electron chi connectivity index (χ1n) is 6.72. The van der Waals surface area contributed by atoms with Crippen LogP contribution in [0.3, 0.4) is 0 Å². The maximum absolute atomic E-state index is 12.5. The molecule has 5 heteroatoms. The van der Waals surface area contributed by atoms with E-state index in [1.165, 1.54) is 0 Å². The number of amides is 1. The Balaban J connectivity index is 2.16. The summed E-state index contributed by atoms with van der Waals surface area (Å²) in [6, 6.07) is 6.60. The molecule has 1 aromatic rings. The van der Waals surface area contributed by atoms with Gasteiger partial charge in [-0.1, -0.05) is 0 Å². The molecule has 20 heavy (non-hydrogen) atoms. The molecule has 1 aliphatic heterocycles. The standard InChI is InChI=1S/C15H19NO4/c1-10-13(15(18)19)4-3-9-16(10)14(17)11-5-7-12(20-2)8-6-11/h5-8,10,13H,3-4,9H2,1-2H3,(H,18,19)/t10-,13-/m0/s1. The van der Waals surface area contributed by atoms with Gasteiger partial charge in [-0.25, -0.2) is 0 Å². The maximum atomic E-state index is 12.5. The van der Waals surface area contributed by atoms with Crippen molar-refractivity contribution >= 4 is 11.9 Å². The van der Waals surface area contributed by atoms with Crippen LogP contribution in [0.2, 0.25) is 0 Å². The van der Waals surface area contributed by atoms with E-state index in [4.69, 9.17) is 4.74 Å². The first-order valence-corrected chi connectivity index (χ1v) is 6.72. The van der Waals surface area contributed by atoms with Crippen molar-refractivity contribution in [1.82, 2.24) is 4.90 Å². The number of rotatable bonds is 3. The zero-order valence-corrected chi connectivity index (χ0v) is 11.7. The lowest BCUT2D eigenvalue weighted by atomic mass is 9.90. The summed E-state index contributed by atoms with van der Waals surface area (Å²) < 4.78 is 5.06. The third-order valence-electron chi connectivity index (χ3n) is 3.90. The van der Waals surface area contributed by atoms with Crippen LogP contribution in [-0.2, 0) is 4.79 Å². The minimum Gasteiger partial charge on any atom is -0.497 e. The van der Waals surface area contributed by atoms with Crippen LogP contribution in [0.15, 0.2) is 24.3 Å². The Morgan fingerprint density at radius 3 is 2.50 bits per heavy atom. The molecule has 0 aliphatic carbocycles. The number of carbonyl (C=O) groups is 2. The molecule has 2 rings (SSSR count). The number of ether oxygens (including phenoxy) is 1. The van der Waals surface area contributed by atoms with Crippen LogP contribution < -0.4 is 4.74 Å². The highest BCUT2D eigenvalue weighted by Crippen LogP contribution is 2.25. The molecular formula is C15H19NO4. The largest absolute Gasteiger partial charge is 0.497 e. The first-order chi connectivity index (χ1) is 9.54. The highest BCUT2D eigenvalue weighted by Gasteiger charge is 2.35. The van der Waals surface area contributed by atoms with Gasteiger partial charge in [-0.15, -0.1) is 0 Å². The zero-order valence-electron chi connectivity index (χ0n) is 11.7. The van der Waals surface area contributed by atoms with Crippen molar-refractivity contribution in [2.45, 2.75) is 25.8 Å². The fourth-order valence-corrected chi connectivity index (χ4v) is 2.66. The van der Waals surface area contributed by atoms with Gasteiger partial charge in [0.2, 0.25) is 0 Å². The van der Waals surface area contributed by atoms with E-state index in [1.807, 2.05) is 0 Å². The molecule has 1 fully saturated rings. The fourth-order valence-electron chi connectivity index (χ4n) is 2.66. The van der Waals surface area contributed by atoms with Gasteiger partial charge in [0.1, 0.15) is 5.75 Å². The highest BCUT2D eigenvalue weighted by molar-refractivity contribution is 5.95. The summed E-state index contributed by atoms with van der Waals surface area (Å²) in [4.78, 5) is 25.3. The van der Waals surface area contributed by atoms with Gasteiger partial charge in [-0.05, 0) is 44.0 Å². The van der Waals surface area contributed by atoms with E-state index in [1.54, 1.807) is 43.2 Å². The number of nitrogens with zero attached hydrogens (tertiary/aromatic N) is 1. The summed E-state index contributed by atoms with van der Waals surface area (Å²) in [6.45, 7) is 2.41. The average Bonchev–Trinajstić information content (AvgIpc) is 2.46. The smallest absolute Gasteiger partial charge is 0.308 e. The molecule has 2 atom stereocenters. The number of aliphatic carboxylic acids is 1. The summed E-state index contributed by atoms with van der Waals surface area (Å²) in [6.07, 6.45) is 1.35. The molecule has 0 unspecified atom stereocenters. The molecule has 1 N–H and O–H groups in total. The first kappa shape index (κ1) is 14.4. The Morgan fingerprint density at radius 1 is 1.30 bits per heavy atom. The topological polar surface area (TPSA) is 66.8 Å². The van der Waals surface area contributed by atoms with E-state index in [9.17, 15) is 14.7 Å². The van der Waals surface area contributed by atoms with Gasteiger partial charge in [-0.3, -0.25) is 9.59 Å². The van der Waals surface area contributed by atoms with Gasteiger partial charge < -0.3 is 14.7 Å². The Morgan fingerprint density at radius 2 is 1.95 bits per heavy atom. The molecule has 1 amide bonds. The van der Waals surface area contributed by atoms with Crippen molar-refractivity contribution in [3.8, 4) is 5.75 Å². The van der Waals surface area contributed by atoms with Gasteiger partial charge in [-0.2, -0.15) is 0 Å². The normalized spacial score (nSPS) is 22.4. The summed E-state index contributed by atoms with van der Waals surface area (Å²) in [5.41, 5.74) is 0.559. The second-order valence-electron chi connectivity index (χ2n) is 5.05. The average molecular weight is 277 g/mol. The molecule has 1 aromatic carbocycles. The van der Waals surface area contributed by atoms with Crippen LogP contribution in [0.1, 0.15) is 30.1 Å². The molecule has 0 aromatic heterocycles. The van der Waals surface area contributed by atoms with E-state index in [-0.39, 0.29) is 11.9 Å². The summed E-state index contributed by atoms with van der Waals surface area (Å²) in [5, 5.41) is 9.19. The number of methoxy groups -OCH3 is 1. The number of carboxylic acids is 1. The highest BCUT2D eigenvalue weighted by atomic mass is 16.5. The van der Waals surface area contributed by atoms with E-state index >= 15 is 0 Å². The number of hydrogen-bond acceptors (Lipinski definition) is 3. The van der Waals surface area contributed by atoms with E-state index in [0.717, 1.165) is 6.42 Å². The number of benzene rings is 1. The molecule has 1 heterocycles. The molecule has 0 bridgehead atoms. The van der Waals surface area contributed by atoms with Gasteiger partial charge in [0.05, 0.1) is 13.0 Å². The number of hydrogen-bond donors (Lipinski definition) is 1. The molecule has 0 spiro atoms. The molecular weight excluding hydrogens is 258 g/mol. The molecule has 1 aliphatic rings. The summed E-state index contributed by atoms with van der Waals surface area (Å²) in [5.74, 6) is -0.738. The quantitative estimate of drug-likeness (QED) is 0.918. The van der Waals surface area contributed by atoms with Crippen molar-refractivity contribution in [3.63, 3.8) is 0 Å². The van der Waals surface area contributed by atoms with Crippen LogP contribution in [0, 0.1) is 5.92 Å². The molecule has 5 nitrogen and oxygen atoms in total. The van der Waals surface area contributed by atoms with Crippen LogP contribution >= 0.6 is 0 Å². The Kier molecular flexibility index (Phi) is 4.27. The van der Waals surface area contributed by atoms with Gasteiger partial charge >= 0.3 is 5.97 Å². The number of carboxylic acid groups (broad SMARTS) is 1. The van der Waals surface area contributed by atoms with Crippen LogP contribution in [-0.4, -0.2) is 41.6 Å². The number of piperidine rings is 1. The molecule has 0 radical (unpaired) electrons. The number of carbonyl (C=O) groups excluding carboxylic acids is 1.